The third-order valence-corrected chi connectivity index (χ3v) is 3.95. The Labute approximate surface area is 96.5 Å². The Morgan fingerprint density at radius 3 is 2.60 bits per heavy atom. The van der Waals surface area contributed by atoms with Crippen LogP contribution in [0.15, 0.2) is 0 Å². The molecule has 88 valence electrons. The second-order valence-corrected chi connectivity index (χ2v) is 5.12. The smallest absolute Gasteiger partial charge is 0.125 e. The summed E-state index contributed by atoms with van der Waals surface area (Å²) in [6.07, 6.45) is -0.403. The molecule has 0 bridgehead atoms. The molecule has 4 unspecified atom stereocenters. The molecule has 15 heavy (non-hydrogen) atoms. The van der Waals surface area contributed by atoms with E-state index in [1.807, 2.05) is 0 Å². The van der Waals surface area contributed by atoms with Crippen molar-refractivity contribution in [3.8, 4) is 0 Å². The van der Waals surface area contributed by atoms with Gasteiger partial charge in [-0.15, -0.1) is 0 Å². The van der Waals surface area contributed by atoms with Crippen LogP contribution in [0.1, 0.15) is 0 Å². The normalized spacial score (nSPS) is 28.7. The van der Waals surface area contributed by atoms with Crippen molar-refractivity contribution in [2.75, 3.05) is 33.2 Å². The monoisotopic (exact) mass is 233 g/mol. The standard InChI is InChI=1S/C9H20BNO3S/c1-13-3-4-15-8(6(12)5-14-2)7-9(10)11-7/h6-9,11-12H,3-5,10H2,1-2H3. The zero-order chi connectivity index (χ0) is 11.3. The van der Waals surface area contributed by atoms with Crippen LogP contribution in [0.2, 0.25) is 0 Å². The number of thioether (sulfide) groups is 1. The van der Waals surface area contributed by atoms with Gasteiger partial charge in [0.05, 0.1) is 19.3 Å². The highest BCUT2D eigenvalue weighted by Crippen LogP contribution is 2.26. The largest absolute Gasteiger partial charge is 0.390 e. The molecule has 0 aromatic rings. The molecule has 0 spiro atoms. The SMILES string of the molecule is BC1NC1C(SCCOC)C(O)COC. The van der Waals surface area contributed by atoms with Crippen molar-refractivity contribution in [3.05, 3.63) is 0 Å². The van der Waals surface area contributed by atoms with Crippen LogP contribution in [0.5, 0.6) is 0 Å². The summed E-state index contributed by atoms with van der Waals surface area (Å²) in [5.74, 6) is 1.42. The van der Waals surface area contributed by atoms with Gasteiger partial charge < -0.3 is 19.9 Å². The number of aliphatic hydroxyl groups is 1. The molecular formula is C9H20BNO3S. The predicted octanol–water partition coefficient (Wildman–Crippen LogP) is -1.33. The fourth-order valence-electron chi connectivity index (χ4n) is 1.61. The molecule has 0 saturated carbocycles. The van der Waals surface area contributed by atoms with Crippen molar-refractivity contribution in [1.29, 1.82) is 0 Å². The van der Waals surface area contributed by atoms with E-state index in [9.17, 15) is 5.11 Å². The van der Waals surface area contributed by atoms with Crippen LogP contribution in [0.3, 0.4) is 0 Å². The molecule has 1 heterocycles. The number of hydrogen-bond donors (Lipinski definition) is 2. The average Bonchev–Trinajstić information content (AvgIpc) is 2.90. The Bertz CT molecular complexity index is 187. The van der Waals surface area contributed by atoms with E-state index in [1.165, 1.54) is 0 Å². The zero-order valence-corrected chi connectivity index (χ0v) is 10.4. The number of nitrogens with one attached hydrogen (secondary N) is 1. The van der Waals surface area contributed by atoms with Gasteiger partial charge in [0.2, 0.25) is 0 Å². The highest BCUT2D eigenvalue weighted by atomic mass is 32.2. The molecule has 1 saturated heterocycles. The van der Waals surface area contributed by atoms with E-state index in [1.54, 1.807) is 26.0 Å². The summed E-state index contributed by atoms with van der Waals surface area (Å²) in [7, 11) is 5.44. The van der Waals surface area contributed by atoms with Gasteiger partial charge in [0, 0.05) is 31.3 Å². The number of rotatable bonds is 8. The Hall–Kier alpha value is 0.255. The first kappa shape index (κ1) is 13.3. The van der Waals surface area contributed by atoms with Crippen LogP contribution in [-0.2, 0) is 9.47 Å². The average molecular weight is 233 g/mol. The fourth-order valence-corrected chi connectivity index (χ4v) is 2.97. The molecule has 4 nitrogen and oxygen atoms in total. The summed E-state index contributed by atoms with van der Waals surface area (Å²) >= 11 is 1.75. The lowest BCUT2D eigenvalue weighted by molar-refractivity contribution is 0.0628. The summed E-state index contributed by atoms with van der Waals surface area (Å²) in [6.45, 7) is 1.12. The van der Waals surface area contributed by atoms with Gasteiger partial charge in [0.25, 0.3) is 0 Å². The van der Waals surface area contributed by atoms with E-state index in [2.05, 4.69) is 13.2 Å². The highest BCUT2D eigenvalue weighted by Gasteiger charge is 2.41. The topological polar surface area (TPSA) is 60.6 Å². The summed E-state index contributed by atoms with van der Waals surface area (Å²) in [6, 6.07) is 0.414. The predicted molar refractivity (Wildman–Crippen MR) is 65.3 cm³/mol. The molecule has 6 heteroatoms. The maximum absolute atomic E-state index is 9.91. The van der Waals surface area contributed by atoms with Gasteiger partial charge in [-0.3, -0.25) is 0 Å². The first-order valence-corrected chi connectivity index (χ1v) is 6.29. The number of hydrogen-bond acceptors (Lipinski definition) is 5. The molecule has 0 aromatic carbocycles. The number of aliphatic hydroxyl groups excluding tert-OH is 1. The third kappa shape index (κ3) is 4.32. The lowest BCUT2D eigenvalue weighted by Gasteiger charge is -2.21. The Morgan fingerprint density at radius 2 is 2.13 bits per heavy atom. The minimum atomic E-state index is -0.403. The van der Waals surface area contributed by atoms with Crippen molar-refractivity contribution in [2.45, 2.75) is 23.3 Å². The van der Waals surface area contributed by atoms with Crippen LogP contribution in [0.4, 0.5) is 0 Å². The van der Waals surface area contributed by atoms with Crippen LogP contribution in [0.25, 0.3) is 0 Å². The lowest BCUT2D eigenvalue weighted by Crippen LogP contribution is -2.34. The summed E-state index contributed by atoms with van der Waals surface area (Å²) in [4.78, 5) is 0. The van der Waals surface area contributed by atoms with E-state index in [4.69, 9.17) is 9.47 Å². The van der Waals surface area contributed by atoms with Gasteiger partial charge in [-0.25, -0.2) is 0 Å². The summed E-state index contributed by atoms with van der Waals surface area (Å²) in [5.41, 5.74) is 0. The molecule has 0 aliphatic carbocycles. The van der Waals surface area contributed by atoms with Gasteiger partial charge in [-0.1, -0.05) is 0 Å². The zero-order valence-electron chi connectivity index (χ0n) is 9.60. The van der Waals surface area contributed by atoms with E-state index < -0.39 is 6.10 Å². The maximum Gasteiger partial charge on any atom is 0.125 e. The van der Waals surface area contributed by atoms with Gasteiger partial charge in [-0.05, 0) is 5.94 Å². The summed E-state index contributed by atoms with van der Waals surface area (Å²) < 4.78 is 9.99. The van der Waals surface area contributed by atoms with Crippen molar-refractivity contribution in [2.24, 2.45) is 0 Å². The Kier molecular flexibility index (Phi) is 6.00. The highest BCUT2D eigenvalue weighted by molar-refractivity contribution is 8.00. The number of ether oxygens (including phenoxy) is 2. The molecule has 4 atom stereocenters. The molecule has 1 aliphatic rings. The van der Waals surface area contributed by atoms with Crippen molar-refractivity contribution in [3.63, 3.8) is 0 Å². The molecule has 0 amide bonds. The van der Waals surface area contributed by atoms with Crippen LogP contribution in [-0.4, -0.2) is 69.5 Å². The first-order chi connectivity index (χ1) is 7.20. The third-order valence-electron chi connectivity index (χ3n) is 2.55. The molecule has 0 radical (unpaired) electrons. The molecule has 1 rings (SSSR count). The van der Waals surface area contributed by atoms with Crippen molar-refractivity contribution < 1.29 is 14.6 Å². The van der Waals surface area contributed by atoms with Gasteiger partial charge in [0.15, 0.2) is 0 Å². The molecule has 1 fully saturated rings. The van der Waals surface area contributed by atoms with Gasteiger partial charge >= 0.3 is 0 Å². The molecule has 1 aliphatic heterocycles. The van der Waals surface area contributed by atoms with E-state index in [0.717, 1.165) is 12.4 Å². The van der Waals surface area contributed by atoms with Crippen LogP contribution in [0, 0.1) is 0 Å². The van der Waals surface area contributed by atoms with Crippen LogP contribution < -0.4 is 5.32 Å². The lowest BCUT2D eigenvalue weighted by atomic mass is 9.98. The number of methoxy groups -OCH3 is 2. The molecule has 2 N–H and O–H groups in total. The Balaban J connectivity index is 2.32. The fraction of sp³-hybridized carbons (Fsp3) is 1.00. The van der Waals surface area contributed by atoms with Crippen molar-refractivity contribution in [1.82, 2.24) is 5.32 Å². The molecule has 0 aromatic heterocycles. The van der Waals surface area contributed by atoms with Crippen molar-refractivity contribution >= 4 is 19.6 Å². The molecular weight excluding hydrogens is 213 g/mol. The van der Waals surface area contributed by atoms with E-state index in [0.29, 0.717) is 18.6 Å². The van der Waals surface area contributed by atoms with E-state index >= 15 is 0 Å². The van der Waals surface area contributed by atoms with E-state index in [-0.39, 0.29) is 5.25 Å². The Morgan fingerprint density at radius 1 is 1.47 bits per heavy atom. The quantitative estimate of drug-likeness (QED) is 0.309. The van der Waals surface area contributed by atoms with Crippen LogP contribution >= 0.6 is 11.8 Å². The summed E-state index contributed by atoms with van der Waals surface area (Å²) in [5, 5.41) is 13.4. The first-order valence-electron chi connectivity index (χ1n) is 5.24. The maximum atomic E-state index is 9.91. The second-order valence-electron chi connectivity index (χ2n) is 3.83. The second kappa shape index (κ2) is 6.76. The van der Waals surface area contributed by atoms with Gasteiger partial charge in [0.1, 0.15) is 7.85 Å². The minimum Gasteiger partial charge on any atom is -0.390 e. The van der Waals surface area contributed by atoms with Gasteiger partial charge in [-0.2, -0.15) is 11.8 Å². The minimum absolute atomic E-state index is 0.204.